The lowest BCUT2D eigenvalue weighted by molar-refractivity contribution is 1.07. The van der Waals surface area contributed by atoms with Gasteiger partial charge in [-0.15, -0.1) is 0 Å². The van der Waals surface area contributed by atoms with E-state index in [0.717, 1.165) is 94.7 Å². The maximum absolute atomic E-state index is 4.99. The van der Waals surface area contributed by atoms with Crippen molar-refractivity contribution in [3.63, 3.8) is 0 Å². The molecule has 0 aliphatic carbocycles. The van der Waals surface area contributed by atoms with Crippen LogP contribution < -0.4 is 0 Å². The van der Waals surface area contributed by atoms with Crippen molar-refractivity contribution >= 4 is 43.4 Å². The van der Waals surface area contributed by atoms with Crippen LogP contribution in [-0.2, 0) is 0 Å². The summed E-state index contributed by atoms with van der Waals surface area (Å²) in [5, 5.41) is 7.43. The van der Waals surface area contributed by atoms with E-state index in [1.165, 1.54) is 48.9 Å². The lowest BCUT2D eigenvalue weighted by Gasteiger charge is -2.13. The summed E-state index contributed by atoms with van der Waals surface area (Å²) in [7, 11) is 0. The van der Waals surface area contributed by atoms with Crippen LogP contribution in [0.1, 0.15) is 0 Å². The second-order valence-corrected chi connectivity index (χ2v) is 27.2. The van der Waals surface area contributed by atoms with E-state index < -0.39 is 0 Å². The van der Waals surface area contributed by atoms with Gasteiger partial charge in [0.15, 0.2) is 52.4 Å². The second kappa shape index (κ2) is 29.7. The Labute approximate surface area is 641 Å². The van der Waals surface area contributed by atoms with Gasteiger partial charge in [0.05, 0.1) is 11.0 Å². The highest BCUT2D eigenvalue weighted by Gasteiger charge is 2.20. The van der Waals surface area contributed by atoms with Crippen molar-refractivity contribution in [3.05, 3.63) is 400 Å². The fraction of sp³-hybridized carbons (Fsp3) is 0. The summed E-state index contributed by atoms with van der Waals surface area (Å²) in [5.74, 6) is 5.77. The molecule has 20 aromatic rings. The van der Waals surface area contributed by atoms with Gasteiger partial charge in [-0.1, -0.05) is 376 Å². The van der Waals surface area contributed by atoms with Gasteiger partial charge >= 0.3 is 0 Å². The van der Waals surface area contributed by atoms with Crippen molar-refractivity contribution in [2.45, 2.75) is 0 Å². The zero-order valence-electron chi connectivity index (χ0n) is 60.1. The van der Waals surface area contributed by atoms with Crippen LogP contribution in [0.5, 0.6) is 0 Å². The smallest absolute Gasteiger partial charge is 0.164 e. The Hall–Kier alpha value is -15.1. The van der Waals surface area contributed by atoms with Gasteiger partial charge in [0, 0.05) is 66.5 Å². The summed E-state index contributed by atoms with van der Waals surface area (Å²) in [5.41, 5.74) is 21.1. The lowest BCUT2D eigenvalue weighted by Crippen LogP contribution is -2.00. The molecule has 0 radical (unpaired) electrons. The van der Waals surface area contributed by atoms with E-state index in [-0.39, 0.29) is 0 Å². The van der Waals surface area contributed by atoms with Crippen molar-refractivity contribution in [3.8, 4) is 153 Å². The van der Waals surface area contributed by atoms with Crippen LogP contribution in [0.15, 0.2) is 400 Å². The molecule has 0 saturated carbocycles. The minimum absolute atomic E-state index is 0.632. The number of benzene rings is 16. The van der Waals surface area contributed by atoms with Crippen LogP contribution in [0.4, 0.5) is 0 Å². The summed E-state index contributed by atoms with van der Waals surface area (Å²) in [6.07, 6.45) is 0. The normalized spacial score (nSPS) is 11.2. The first-order valence-corrected chi connectivity index (χ1v) is 37.1. The standard InChI is InChI=1S/C52H34N6.C49H32N4/c1-5-15-37(16-6-1)47-53-48(38-17-7-2-8-18-38)56-51(55-47)41-29-25-35(26-30-41)43-33-34-44(46-24-14-13-23-45(43)46)36-27-31-42(32-28-36)52-57-49(39-19-9-3-10-20-39)54-50(58-52)40-21-11-4-12-22-40;1-3-11-33(12-4-1)34-19-23-39(24-20-34)48-50-47(38-14-5-2-6-15-38)51-49(52-48)40-25-21-35(22-26-40)36-27-30-41(31-28-36)53-44-18-10-9-17-43(44)46-42-16-8-7-13-37(42)29-32-45(46)53/h1-34H;1-32H. The van der Waals surface area contributed by atoms with Gasteiger partial charge in [-0.25, -0.2) is 44.9 Å². The molecule has 20 rings (SSSR count). The molecule has 111 heavy (non-hydrogen) atoms. The number of fused-ring (bicyclic) bond motifs is 6. The van der Waals surface area contributed by atoms with Crippen LogP contribution in [-0.4, -0.2) is 49.4 Å². The highest BCUT2D eigenvalue weighted by atomic mass is 15.1. The highest BCUT2D eigenvalue weighted by Crippen LogP contribution is 2.41. The molecule has 0 fully saturated rings. The average Bonchev–Trinajstić information content (AvgIpc) is 1.59. The van der Waals surface area contributed by atoms with Gasteiger partial charge in [0.1, 0.15) is 0 Å². The van der Waals surface area contributed by atoms with Gasteiger partial charge < -0.3 is 4.57 Å². The molecule has 0 N–H and O–H groups in total. The first kappa shape index (κ1) is 66.5. The number of hydrogen-bond donors (Lipinski definition) is 0. The van der Waals surface area contributed by atoms with E-state index in [1.54, 1.807) is 0 Å². The summed E-state index contributed by atoms with van der Waals surface area (Å²) in [6.45, 7) is 0. The number of para-hydroxylation sites is 1. The Morgan fingerprint density at radius 1 is 0.144 bits per heavy atom. The lowest BCUT2D eigenvalue weighted by atomic mass is 9.91. The maximum atomic E-state index is 4.99. The summed E-state index contributed by atoms with van der Waals surface area (Å²) in [6, 6.07) is 138. The third-order valence-corrected chi connectivity index (χ3v) is 20.3. The zero-order valence-corrected chi connectivity index (χ0v) is 60.1. The third-order valence-electron chi connectivity index (χ3n) is 20.3. The highest BCUT2D eigenvalue weighted by molar-refractivity contribution is 6.21. The number of rotatable bonds is 14. The predicted molar refractivity (Wildman–Crippen MR) is 453 cm³/mol. The molecule has 4 heterocycles. The average molecular weight is 1420 g/mol. The van der Waals surface area contributed by atoms with Crippen molar-refractivity contribution < 1.29 is 0 Å². The molecule has 0 aliphatic rings. The first-order valence-electron chi connectivity index (χ1n) is 37.1. The Balaban J connectivity index is 0.000000150. The molecule has 0 atom stereocenters. The quantitative estimate of drug-likeness (QED) is 0.105. The second-order valence-electron chi connectivity index (χ2n) is 27.2. The van der Waals surface area contributed by atoms with Crippen LogP contribution in [0, 0.1) is 0 Å². The van der Waals surface area contributed by atoms with E-state index in [2.05, 4.69) is 247 Å². The Kier molecular flexibility index (Phi) is 17.8. The van der Waals surface area contributed by atoms with E-state index >= 15 is 0 Å². The predicted octanol–water partition coefficient (Wildman–Crippen LogP) is 25.0. The molecular weight excluding hydrogens is 1350 g/mol. The van der Waals surface area contributed by atoms with Crippen molar-refractivity contribution in [1.29, 1.82) is 0 Å². The monoisotopic (exact) mass is 1420 g/mol. The minimum atomic E-state index is 0.632. The minimum Gasteiger partial charge on any atom is -0.309 e. The number of hydrogen-bond acceptors (Lipinski definition) is 9. The molecular formula is C101H66N10. The Morgan fingerprint density at radius 2 is 0.378 bits per heavy atom. The van der Waals surface area contributed by atoms with Crippen LogP contribution in [0.3, 0.4) is 0 Å². The summed E-state index contributed by atoms with van der Waals surface area (Å²) >= 11 is 0. The van der Waals surface area contributed by atoms with E-state index in [4.69, 9.17) is 44.9 Å². The number of nitrogens with zero attached hydrogens (tertiary/aromatic N) is 10. The molecule has 10 heteroatoms. The van der Waals surface area contributed by atoms with E-state index in [9.17, 15) is 0 Å². The molecule has 10 nitrogen and oxygen atoms in total. The van der Waals surface area contributed by atoms with E-state index in [0.29, 0.717) is 52.4 Å². The van der Waals surface area contributed by atoms with Crippen molar-refractivity contribution in [1.82, 2.24) is 49.4 Å². The summed E-state index contributed by atoms with van der Waals surface area (Å²) in [4.78, 5) is 44.3. The zero-order chi connectivity index (χ0) is 73.8. The van der Waals surface area contributed by atoms with Crippen molar-refractivity contribution in [2.24, 2.45) is 0 Å². The summed E-state index contributed by atoms with van der Waals surface area (Å²) < 4.78 is 2.38. The topological polar surface area (TPSA) is 121 Å². The molecule has 4 aromatic heterocycles. The van der Waals surface area contributed by atoms with Crippen LogP contribution in [0.2, 0.25) is 0 Å². The van der Waals surface area contributed by atoms with Gasteiger partial charge in [-0.3, -0.25) is 0 Å². The molecule has 0 aliphatic heterocycles. The van der Waals surface area contributed by atoms with Gasteiger partial charge in [-0.2, -0.15) is 0 Å². The van der Waals surface area contributed by atoms with Gasteiger partial charge in [-0.05, 0) is 90.3 Å². The molecule has 0 unspecified atom stereocenters. The SMILES string of the molecule is c1ccc(-c2ccc(-c3nc(-c4ccccc4)nc(-c4ccc(-c5ccc(-n6c7ccccc7c7c8ccccc8ccc76)cc5)cc4)n3)cc2)cc1.c1ccc(-c2nc(-c3ccccc3)nc(-c3ccc(-c4ccc(-c5ccc(-c6nc(-c7ccccc7)nc(-c7ccccc7)n6)cc5)c5ccccc45)cc3)n2)cc1. The molecule has 0 saturated heterocycles. The van der Waals surface area contributed by atoms with Crippen LogP contribution in [0.25, 0.3) is 196 Å². The van der Waals surface area contributed by atoms with Crippen molar-refractivity contribution in [2.75, 3.05) is 0 Å². The molecule has 520 valence electrons. The molecule has 0 bridgehead atoms. The Morgan fingerprint density at radius 3 is 0.712 bits per heavy atom. The fourth-order valence-electron chi connectivity index (χ4n) is 14.7. The Bertz CT molecular complexity index is 6410. The maximum Gasteiger partial charge on any atom is 0.164 e. The van der Waals surface area contributed by atoms with Gasteiger partial charge in [0.2, 0.25) is 0 Å². The third kappa shape index (κ3) is 13.5. The largest absolute Gasteiger partial charge is 0.309 e. The first-order chi connectivity index (χ1) is 55.0. The fourth-order valence-corrected chi connectivity index (χ4v) is 14.7. The van der Waals surface area contributed by atoms with Crippen LogP contribution >= 0.6 is 0 Å². The number of aromatic nitrogens is 10. The molecule has 16 aromatic carbocycles. The van der Waals surface area contributed by atoms with E-state index in [1.807, 2.05) is 158 Å². The molecule has 0 amide bonds. The molecule has 0 spiro atoms. The van der Waals surface area contributed by atoms with Gasteiger partial charge in [0.25, 0.3) is 0 Å².